The number of ketones is 1. The van der Waals surface area contributed by atoms with Gasteiger partial charge in [0.15, 0.2) is 0 Å². The van der Waals surface area contributed by atoms with Crippen molar-refractivity contribution in [1.29, 1.82) is 0 Å². The highest BCUT2D eigenvalue weighted by Gasteiger charge is 2.15. The molecule has 1 fully saturated rings. The molecule has 1 aliphatic rings. The van der Waals surface area contributed by atoms with Crippen molar-refractivity contribution in [2.24, 2.45) is 0 Å². The molecule has 0 saturated heterocycles. The Balaban J connectivity index is 1.80. The van der Waals surface area contributed by atoms with E-state index in [-0.39, 0.29) is 0 Å². The van der Waals surface area contributed by atoms with E-state index in [0.717, 1.165) is 5.25 Å². The van der Waals surface area contributed by atoms with Crippen molar-refractivity contribution >= 4 is 17.5 Å². The van der Waals surface area contributed by atoms with Crippen LogP contribution >= 0.6 is 11.8 Å². The van der Waals surface area contributed by atoms with Crippen LogP contribution in [0.5, 0.6) is 0 Å². The molecule has 0 spiro atoms. The Labute approximate surface area is 121 Å². The van der Waals surface area contributed by atoms with Crippen LogP contribution in [0.3, 0.4) is 0 Å². The Bertz CT molecular complexity index is 413. The van der Waals surface area contributed by atoms with Crippen LogP contribution in [0.2, 0.25) is 0 Å². The lowest BCUT2D eigenvalue weighted by Crippen LogP contribution is -2.13. The zero-order valence-electron chi connectivity index (χ0n) is 12.1. The molecule has 0 aromatic heterocycles. The summed E-state index contributed by atoms with van der Waals surface area (Å²) in [6, 6.07) is 6.43. The van der Waals surface area contributed by atoms with Crippen LogP contribution < -0.4 is 0 Å². The normalized spacial score (nSPS) is 16.5. The van der Waals surface area contributed by atoms with Gasteiger partial charge in [-0.25, -0.2) is 0 Å². The summed E-state index contributed by atoms with van der Waals surface area (Å²) in [6.45, 7) is 4.19. The van der Waals surface area contributed by atoms with Crippen molar-refractivity contribution in [2.45, 2.75) is 57.6 Å². The molecule has 2 heteroatoms. The highest BCUT2D eigenvalue weighted by atomic mass is 32.2. The zero-order chi connectivity index (χ0) is 13.7. The van der Waals surface area contributed by atoms with E-state index < -0.39 is 0 Å². The van der Waals surface area contributed by atoms with Crippen molar-refractivity contribution in [3.8, 4) is 0 Å². The number of thioether (sulfide) groups is 1. The number of rotatable bonds is 5. The molecule has 0 heterocycles. The molecule has 104 valence electrons. The summed E-state index contributed by atoms with van der Waals surface area (Å²) in [7, 11) is 0. The second-order valence-electron chi connectivity index (χ2n) is 5.78. The monoisotopic (exact) mass is 276 g/mol. The van der Waals surface area contributed by atoms with Crippen molar-refractivity contribution in [2.75, 3.05) is 5.75 Å². The Morgan fingerprint density at radius 1 is 1.11 bits per heavy atom. The summed E-state index contributed by atoms with van der Waals surface area (Å²) >= 11 is 1.88. The third-order valence-corrected chi connectivity index (χ3v) is 5.15. The quantitative estimate of drug-likeness (QED) is 0.788. The van der Waals surface area contributed by atoms with Gasteiger partial charge < -0.3 is 0 Å². The fourth-order valence-electron chi connectivity index (χ4n) is 2.89. The highest BCUT2D eigenvalue weighted by molar-refractivity contribution is 8.00. The minimum atomic E-state index is 0.376. The molecule has 0 amide bonds. The van der Waals surface area contributed by atoms with Gasteiger partial charge in [0, 0.05) is 11.7 Å². The van der Waals surface area contributed by atoms with Gasteiger partial charge in [-0.2, -0.15) is 11.8 Å². The lowest BCUT2D eigenvalue weighted by atomic mass is 10.0. The Morgan fingerprint density at radius 3 is 2.37 bits per heavy atom. The lowest BCUT2D eigenvalue weighted by Gasteiger charge is -2.20. The van der Waals surface area contributed by atoms with Gasteiger partial charge in [0.25, 0.3) is 0 Å². The van der Waals surface area contributed by atoms with Gasteiger partial charge in [-0.1, -0.05) is 48.6 Å². The van der Waals surface area contributed by atoms with Gasteiger partial charge in [-0.15, -0.1) is 0 Å². The smallest absolute Gasteiger partial charge is 0.147 e. The highest BCUT2D eigenvalue weighted by Crippen LogP contribution is 2.28. The van der Waals surface area contributed by atoms with E-state index in [1.165, 1.54) is 48.8 Å². The Morgan fingerprint density at radius 2 is 1.74 bits per heavy atom. The molecule has 0 N–H and O–H groups in total. The molecule has 2 rings (SSSR count). The standard InChI is InChI=1S/C17H24OS/c1-13-8-14(2)10-15(9-13)11-16(18)12-19-17-6-4-3-5-7-17/h8-10,17H,3-7,11-12H2,1-2H3. The van der Waals surface area contributed by atoms with Crippen LogP contribution in [0.25, 0.3) is 0 Å². The van der Waals surface area contributed by atoms with Crippen LogP contribution in [0.15, 0.2) is 18.2 Å². The summed E-state index contributed by atoms with van der Waals surface area (Å²) in [6.07, 6.45) is 7.30. The molecule has 0 bridgehead atoms. The van der Waals surface area contributed by atoms with Crippen molar-refractivity contribution < 1.29 is 4.79 Å². The van der Waals surface area contributed by atoms with Crippen LogP contribution in [-0.4, -0.2) is 16.8 Å². The predicted molar refractivity (Wildman–Crippen MR) is 84.0 cm³/mol. The first-order valence-corrected chi connectivity index (χ1v) is 8.39. The van der Waals surface area contributed by atoms with Crippen LogP contribution in [0, 0.1) is 13.8 Å². The topological polar surface area (TPSA) is 17.1 Å². The Kier molecular flexibility index (Phi) is 5.50. The predicted octanol–water partition coefficient (Wildman–Crippen LogP) is 4.48. The molecule has 1 aliphatic carbocycles. The second kappa shape index (κ2) is 7.14. The van der Waals surface area contributed by atoms with E-state index in [2.05, 4.69) is 32.0 Å². The maximum atomic E-state index is 12.1. The number of carbonyl (C=O) groups is 1. The largest absolute Gasteiger partial charge is 0.298 e. The fraction of sp³-hybridized carbons (Fsp3) is 0.588. The fourth-order valence-corrected chi connectivity index (χ4v) is 4.08. The molecule has 0 aliphatic heterocycles. The van der Waals surface area contributed by atoms with Gasteiger partial charge in [-0.3, -0.25) is 4.79 Å². The van der Waals surface area contributed by atoms with E-state index in [1.54, 1.807) is 0 Å². The summed E-state index contributed by atoms with van der Waals surface area (Å²) in [5.41, 5.74) is 3.68. The molecular formula is C17H24OS. The number of benzene rings is 1. The minimum absolute atomic E-state index is 0.376. The lowest BCUT2D eigenvalue weighted by molar-refractivity contribution is -0.116. The SMILES string of the molecule is Cc1cc(C)cc(CC(=O)CSC2CCCCC2)c1. The van der Waals surface area contributed by atoms with E-state index in [1.807, 2.05) is 11.8 Å². The van der Waals surface area contributed by atoms with E-state index in [0.29, 0.717) is 18.0 Å². The third kappa shape index (κ3) is 5.02. The first kappa shape index (κ1) is 14.6. The van der Waals surface area contributed by atoms with Gasteiger partial charge in [-0.05, 0) is 32.3 Å². The number of hydrogen-bond donors (Lipinski definition) is 0. The maximum Gasteiger partial charge on any atom is 0.147 e. The summed E-state index contributed by atoms with van der Waals surface area (Å²) in [5.74, 6) is 1.07. The first-order chi connectivity index (χ1) is 9.13. The Hall–Kier alpha value is -0.760. The number of hydrogen-bond acceptors (Lipinski definition) is 2. The molecule has 1 aromatic carbocycles. The van der Waals surface area contributed by atoms with Crippen LogP contribution in [0.1, 0.15) is 48.8 Å². The molecular weight excluding hydrogens is 252 g/mol. The first-order valence-electron chi connectivity index (χ1n) is 7.34. The van der Waals surface area contributed by atoms with Crippen molar-refractivity contribution in [3.05, 3.63) is 34.9 Å². The number of Topliss-reactive ketones (excluding diaryl/α,β-unsaturated/α-hetero) is 1. The average molecular weight is 276 g/mol. The molecule has 19 heavy (non-hydrogen) atoms. The maximum absolute atomic E-state index is 12.1. The minimum Gasteiger partial charge on any atom is -0.298 e. The van der Waals surface area contributed by atoms with Gasteiger partial charge in [0.1, 0.15) is 5.78 Å². The summed E-state index contributed by atoms with van der Waals surface area (Å²) in [4.78, 5) is 12.1. The molecule has 0 atom stereocenters. The van der Waals surface area contributed by atoms with Gasteiger partial charge in [0.05, 0.1) is 5.75 Å². The molecule has 1 aromatic rings. The van der Waals surface area contributed by atoms with Gasteiger partial charge >= 0.3 is 0 Å². The average Bonchev–Trinajstić information content (AvgIpc) is 2.36. The van der Waals surface area contributed by atoms with Crippen LogP contribution in [0.4, 0.5) is 0 Å². The van der Waals surface area contributed by atoms with Crippen molar-refractivity contribution in [3.63, 3.8) is 0 Å². The molecule has 0 unspecified atom stereocenters. The van der Waals surface area contributed by atoms with E-state index in [9.17, 15) is 4.79 Å². The van der Waals surface area contributed by atoms with Crippen LogP contribution in [-0.2, 0) is 11.2 Å². The van der Waals surface area contributed by atoms with Gasteiger partial charge in [0.2, 0.25) is 0 Å². The summed E-state index contributed by atoms with van der Waals surface area (Å²) < 4.78 is 0. The molecule has 1 saturated carbocycles. The number of aryl methyl sites for hydroxylation is 2. The third-order valence-electron chi connectivity index (χ3n) is 3.71. The molecule has 0 radical (unpaired) electrons. The van der Waals surface area contributed by atoms with Crippen molar-refractivity contribution in [1.82, 2.24) is 0 Å². The summed E-state index contributed by atoms with van der Waals surface area (Å²) in [5, 5.41) is 0.733. The second-order valence-corrected chi connectivity index (χ2v) is 7.07. The van der Waals surface area contributed by atoms with E-state index >= 15 is 0 Å². The zero-order valence-corrected chi connectivity index (χ0v) is 12.9. The number of carbonyl (C=O) groups excluding carboxylic acids is 1. The molecule has 1 nitrogen and oxygen atoms in total. The van der Waals surface area contributed by atoms with E-state index in [4.69, 9.17) is 0 Å².